The number of hydrogen-bond donors (Lipinski definition) is 2. The van der Waals surface area contributed by atoms with Gasteiger partial charge in [0.15, 0.2) is 0 Å². The lowest BCUT2D eigenvalue weighted by Gasteiger charge is -2.25. The Kier molecular flexibility index (Phi) is 6.67. The van der Waals surface area contributed by atoms with Crippen LogP contribution in [0.1, 0.15) is 45.1 Å². The molecule has 2 N–H and O–H groups in total. The van der Waals surface area contributed by atoms with Crippen LogP contribution >= 0.6 is 0 Å². The summed E-state index contributed by atoms with van der Waals surface area (Å²) in [4.78, 5) is 27.1. The molecule has 2 aliphatic rings. The number of piperidine rings is 1. The zero-order valence-corrected chi connectivity index (χ0v) is 16.4. The molecule has 3 rings (SSSR count). The van der Waals surface area contributed by atoms with Crippen molar-refractivity contribution in [3.63, 3.8) is 0 Å². The molecule has 5 heteroatoms. The van der Waals surface area contributed by atoms with E-state index in [0.717, 1.165) is 50.9 Å². The van der Waals surface area contributed by atoms with Crippen molar-refractivity contribution in [2.24, 2.45) is 5.92 Å². The number of hydrogen-bond acceptors (Lipinski definition) is 3. The van der Waals surface area contributed by atoms with Gasteiger partial charge in [-0.3, -0.25) is 9.59 Å². The minimum atomic E-state index is -0.122. The molecule has 0 spiro atoms. The molecule has 1 aromatic rings. The Bertz CT molecular complexity index is 693. The Morgan fingerprint density at radius 1 is 1.30 bits per heavy atom. The molecular formula is C22H31N3O2. The van der Waals surface area contributed by atoms with Crippen LogP contribution < -0.4 is 15.5 Å². The molecule has 0 bridgehead atoms. The van der Waals surface area contributed by atoms with Gasteiger partial charge in [-0.05, 0) is 49.8 Å². The van der Waals surface area contributed by atoms with Gasteiger partial charge in [0.1, 0.15) is 0 Å². The molecule has 1 fully saturated rings. The van der Waals surface area contributed by atoms with E-state index in [1.807, 2.05) is 29.2 Å². The third-order valence-corrected chi connectivity index (χ3v) is 5.30. The Labute approximate surface area is 162 Å². The van der Waals surface area contributed by atoms with Gasteiger partial charge < -0.3 is 15.5 Å². The van der Waals surface area contributed by atoms with E-state index < -0.39 is 0 Å². The molecule has 0 aromatic heterocycles. The highest BCUT2D eigenvalue weighted by Gasteiger charge is 2.24. The van der Waals surface area contributed by atoms with Crippen LogP contribution in [0.5, 0.6) is 0 Å². The highest BCUT2D eigenvalue weighted by molar-refractivity contribution is 6.03. The van der Waals surface area contributed by atoms with Crippen LogP contribution in [0.2, 0.25) is 0 Å². The number of para-hydroxylation sites is 1. The Hall–Kier alpha value is -2.14. The Balaban J connectivity index is 1.63. The standard InChI is InChI=1S/C22H31N3O2/c1-16(2)15-18(24-22(27)19-8-5-6-13-23-19)10-11-21(26)25-14-12-17-7-3-4-9-20(17)25/h3-4,7,9-11,16,18-19,23H,5-6,8,12-15H2,1-2H3,(H,24,27). The number of nitrogens with zero attached hydrogens (tertiary/aromatic N) is 1. The van der Waals surface area contributed by atoms with Gasteiger partial charge in [-0.1, -0.05) is 44.5 Å². The summed E-state index contributed by atoms with van der Waals surface area (Å²) in [7, 11) is 0. The molecule has 2 atom stereocenters. The SMILES string of the molecule is CC(C)CC(C=CC(=O)N1CCc2ccccc21)NC(=O)C1CCCCN1. The molecule has 0 aliphatic carbocycles. The van der Waals surface area contributed by atoms with Crippen molar-refractivity contribution in [2.45, 2.75) is 58.0 Å². The van der Waals surface area contributed by atoms with Crippen molar-refractivity contribution < 1.29 is 9.59 Å². The number of nitrogens with one attached hydrogen (secondary N) is 2. The second-order valence-corrected chi connectivity index (χ2v) is 7.97. The number of benzene rings is 1. The zero-order chi connectivity index (χ0) is 19.2. The topological polar surface area (TPSA) is 61.4 Å². The molecule has 5 nitrogen and oxygen atoms in total. The average molecular weight is 370 g/mol. The molecule has 2 amide bonds. The second-order valence-electron chi connectivity index (χ2n) is 7.97. The molecule has 0 radical (unpaired) electrons. The molecule has 2 aliphatic heterocycles. The van der Waals surface area contributed by atoms with E-state index >= 15 is 0 Å². The van der Waals surface area contributed by atoms with Crippen LogP contribution in [0.15, 0.2) is 36.4 Å². The predicted molar refractivity (Wildman–Crippen MR) is 109 cm³/mol. The summed E-state index contributed by atoms with van der Waals surface area (Å²) in [5.74, 6) is 0.463. The molecular weight excluding hydrogens is 338 g/mol. The Morgan fingerprint density at radius 2 is 2.11 bits per heavy atom. The van der Waals surface area contributed by atoms with Crippen molar-refractivity contribution in [3.05, 3.63) is 42.0 Å². The van der Waals surface area contributed by atoms with E-state index in [2.05, 4.69) is 30.5 Å². The number of carbonyl (C=O) groups excluding carboxylic acids is 2. The van der Waals surface area contributed by atoms with Gasteiger partial charge in [-0.25, -0.2) is 0 Å². The first-order chi connectivity index (χ1) is 13.0. The van der Waals surface area contributed by atoms with E-state index in [0.29, 0.717) is 5.92 Å². The van der Waals surface area contributed by atoms with E-state index in [-0.39, 0.29) is 23.9 Å². The molecule has 2 heterocycles. The predicted octanol–water partition coefficient (Wildman–Crippen LogP) is 2.80. The van der Waals surface area contributed by atoms with Gasteiger partial charge in [-0.15, -0.1) is 0 Å². The molecule has 2 unspecified atom stereocenters. The van der Waals surface area contributed by atoms with Crippen molar-refractivity contribution in [3.8, 4) is 0 Å². The average Bonchev–Trinajstić information content (AvgIpc) is 3.10. The van der Waals surface area contributed by atoms with Gasteiger partial charge in [-0.2, -0.15) is 0 Å². The first kappa shape index (κ1) is 19.6. The van der Waals surface area contributed by atoms with Gasteiger partial charge in [0, 0.05) is 24.4 Å². The number of anilines is 1. The van der Waals surface area contributed by atoms with Crippen LogP contribution in [-0.4, -0.2) is 37.0 Å². The maximum atomic E-state index is 12.7. The van der Waals surface area contributed by atoms with Crippen LogP contribution in [0.3, 0.4) is 0 Å². The van der Waals surface area contributed by atoms with Crippen molar-refractivity contribution >= 4 is 17.5 Å². The van der Waals surface area contributed by atoms with Crippen LogP contribution in [0.25, 0.3) is 0 Å². The molecule has 0 saturated carbocycles. The van der Waals surface area contributed by atoms with Crippen molar-refractivity contribution in [2.75, 3.05) is 18.0 Å². The first-order valence-corrected chi connectivity index (χ1v) is 10.2. The van der Waals surface area contributed by atoms with E-state index in [9.17, 15) is 9.59 Å². The third kappa shape index (κ3) is 5.19. The summed E-state index contributed by atoms with van der Waals surface area (Å²) in [5, 5.41) is 6.41. The summed E-state index contributed by atoms with van der Waals surface area (Å²) in [6, 6.07) is 7.82. The molecule has 1 aromatic carbocycles. The smallest absolute Gasteiger partial charge is 0.250 e. The summed E-state index contributed by atoms with van der Waals surface area (Å²) in [6.07, 6.45) is 8.31. The van der Waals surface area contributed by atoms with Crippen LogP contribution in [-0.2, 0) is 16.0 Å². The van der Waals surface area contributed by atoms with Gasteiger partial charge in [0.05, 0.1) is 6.04 Å². The summed E-state index contributed by atoms with van der Waals surface area (Å²) in [6.45, 7) is 5.88. The minimum Gasteiger partial charge on any atom is -0.349 e. The fourth-order valence-electron chi connectivity index (χ4n) is 3.91. The van der Waals surface area contributed by atoms with Crippen molar-refractivity contribution in [1.82, 2.24) is 10.6 Å². The highest BCUT2D eigenvalue weighted by Crippen LogP contribution is 2.27. The fraction of sp³-hybridized carbons (Fsp3) is 0.545. The fourth-order valence-corrected chi connectivity index (χ4v) is 3.91. The lowest BCUT2D eigenvalue weighted by Crippen LogP contribution is -2.49. The third-order valence-electron chi connectivity index (χ3n) is 5.30. The lowest BCUT2D eigenvalue weighted by atomic mass is 10.0. The summed E-state index contributed by atoms with van der Waals surface area (Å²) < 4.78 is 0. The van der Waals surface area contributed by atoms with Crippen LogP contribution in [0.4, 0.5) is 5.69 Å². The maximum absolute atomic E-state index is 12.7. The van der Waals surface area contributed by atoms with E-state index in [4.69, 9.17) is 0 Å². The van der Waals surface area contributed by atoms with Crippen molar-refractivity contribution in [1.29, 1.82) is 0 Å². The summed E-state index contributed by atoms with van der Waals surface area (Å²) >= 11 is 0. The van der Waals surface area contributed by atoms with E-state index in [1.165, 1.54) is 5.56 Å². The highest BCUT2D eigenvalue weighted by atomic mass is 16.2. The number of rotatable bonds is 6. The number of fused-ring (bicyclic) bond motifs is 1. The quantitative estimate of drug-likeness (QED) is 0.758. The Morgan fingerprint density at radius 3 is 2.85 bits per heavy atom. The van der Waals surface area contributed by atoms with E-state index in [1.54, 1.807) is 6.08 Å². The maximum Gasteiger partial charge on any atom is 0.250 e. The molecule has 27 heavy (non-hydrogen) atoms. The lowest BCUT2D eigenvalue weighted by molar-refractivity contribution is -0.124. The zero-order valence-electron chi connectivity index (χ0n) is 16.4. The summed E-state index contributed by atoms with van der Waals surface area (Å²) in [5.41, 5.74) is 2.22. The molecule has 146 valence electrons. The first-order valence-electron chi connectivity index (χ1n) is 10.2. The monoisotopic (exact) mass is 369 g/mol. The number of carbonyl (C=O) groups is 2. The van der Waals surface area contributed by atoms with Crippen LogP contribution in [0, 0.1) is 5.92 Å². The molecule has 1 saturated heterocycles. The second kappa shape index (κ2) is 9.18. The van der Waals surface area contributed by atoms with Gasteiger partial charge in [0.2, 0.25) is 5.91 Å². The normalized spacial score (nSPS) is 20.7. The largest absolute Gasteiger partial charge is 0.349 e. The van der Waals surface area contributed by atoms with Gasteiger partial charge in [0.25, 0.3) is 5.91 Å². The van der Waals surface area contributed by atoms with Gasteiger partial charge >= 0.3 is 0 Å². The number of amides is 2. The minimum absolute atomic E-state index is 0.0150.